The second kappa shape index (κ2) is 7.31. The number of rotatable bonds is 3. The van der Waals surface area contributed by atoms with Gasteiger partial charge in [-0.25, -0.2) is 4.99 Å². The highest BCUT2D eigenvalue weighted by molar-refractivity contribution is 8.18. The lowest BCUT2D eigenvalue weighted by molar-refractivity contribution is -0.384. The van der Waals surface area contributed by atoms with Gasteiger partial charge in [0.1, 0.15) is 5.02 Å². The van der Waals surface area contributed by atoms with Gasteiger partial charge in [0.15, 0.2) is 5.17 Å². The summed E-state index contributed by atoms with van der Waals surface area (Å²) in [6, 6.07) is 10.3. The zero-order valence-electron chi connectivity index (χ0n) is 13.9. The number of hydrogen-bond donors (Lipinski definition) is 1. The number of thioether (sulfide) groups is 1. The molecule has 0 radical (unpaired) electrons. The van der Waals surface area contributed by atoms with Crippen LogP contribution in [0.3, 0.4) is 0 Å². The van der Waals surface area contributed by atoms with Crippen LogP contribution in [-0.4, -0.2) is 16.0 Å². The maximum absolute atomic E-state index is 12.2. The van der Waals surface area contributed by atoms with Crippen LogP contribution >= 0.6 is 23.4 Å². The van der Waals surface area contributed by atoms with Gasteiger partial charge < -0.3 is 5.32 Å². The van der Waals surface area contributed by atoms with Gasteiger partial charge in [0.05, 0.1) is 15.5 Å². The second-order valence-electron chi connectivity index (χ2n) is 5.74. The van der Waals surface area contributed by atoms with Crippen molar-refractivity contribution in [2.24, 2.45) is 4.99 Å². The Kier molecular flexibility index (Phi) is 5.11. The monoisotopic (exact) mass is 387 g/mol. The molecule has 1 aliphatic rings. The van der Waals surface area contributed by atoms with Crippen LogP contribution < -0.4 is 5.32 Å². The third kappa shape index (κ3) is 3.95. The molecule has 1 saturated heterocycles. The summed E-state index contributed by atoms with van der Waals surface area (Å²) in [5.74, 6) is -0.295. The van der Waals surface area contributed by atoms with E-state index in [0.717, 1.165) is 16.8 Å². The lowest BCUT2D eigenvalue weighted by atomic mass is 10.1. The first kappa shape index (κ1) is 18.2. The van der Waals surface area contributed by atoms with E-state index in [0.29, 0.717) is 15.6 Å². The molecule has 1 fully saturated rings. The van der Waals surface area contributed by atoms with Crippen molar-refractivity contribution in [3.8, 4) is 0 Å². The summed E-state index contributed by atoms with van der Waals surface area (Å²) in [5, 5.41) is 14.2. The Morgan fingerprint density at radius 3 is 2.69 bits per heavy atom. The van der Waals surface area contributed by atoms with Gasteiger partial charge in [-0.15, -0.1) is 0 Å². The van der Waals surface area contributed by atoms with Gasteiger partial charge in [0.2, 0.25) is 0 Å². The molecule has 0 aromatic heterocycles. The summed E-state index contributed by atoms with van der Waals surface area (Å²) in [4.78, 5) is 27.5. The summed E-state index contributed by atoms with van der Waals surface area (Å²) in [7, 11) is 0. The average Bonchev–Trinajstić information content (AvgIpc) is 2.91. The average molecular weight is 388 g/mol. The lowest BCUT2D eigenvalue weighted by Crippen LogP contribution is -2.19. The van der Waals surface area contributed by atoms with Crippen LogP contribution in [0.25, 0.3) is 6.08 Å². The molecule has 0 aliphatic carbocycles. The fraction of sp³-hybridized carbons (Fsp3) is 0.111. The first-order chi connectivity index (χ1) is 12.3. The fourth-order valence-electron chi connectivity index (χ4n) is 2.43. The van der Waals surface area contributed by atoms with Gasteiger partial charge in [-0.05, 0) is 54.9 Å². The molecule has 2 aromatic carbocycles. The van der Waals surface area contributed by atoms with Crippen LogP contribution in [0, 0.1) is 24.0 Å². The van der Waals surface area contributed by atoms with E-state index in [-0.39, 0.29) is 16.6 Å². The molecule has 0 saturated carbocycles. The standard InChI is InChI=1S/C18H14ClN3O3S/c1-10-3-6-14(11(2)7-10)20-18-21-17(23)16(26-18)9-12-4-5-13(19)15(8-12)22(24)25/h3-9H,1-2H3,(H,20,21,23)/b16-9-. The number of carbonyl (C=O) groups is 1. The number of carbonyl (C=O) groups excluding carboxylic acids is 1. The van der Waals surface area contributed by atoms with E-state index >= 15 is 0 Å². The Labute approximate surface area is 159 Å². The number of halogens is 1. The highest BCUT2D eigenvalue weighted by Crippen LogP contribution is 2.31. The number of nitro groups is 1. The smallest absolute Gasteiger partial charge is 0.288 e. The van der Waals surface area contributed by atoms with Crippen molar-refractivity contribution < 1.29 is 9.72 Å². The lowest BCUT2D eigenvalue weighted by Gasteiger charge is -2.02. The Morgan fingerprint density at radius 1 is 1.23 bits per heavy atom. The summed E-state index contributed by atoms with van der Waals surface area (Å²) in [6.45, 7) is 3.96. The molecule has 26 heavy (non-hydrogen) atoms. The van der Waals surface area contributed by atoms with Crippen molar-refractivity contribution in [1.29, 1.82) is 0 Å². The van der Waals surface area contributed by atoms with Crippen molar-refractivity contribution in [3.63, 3.8) is 0 Å². The van der Waals surface area contributed by atoms with Crippen molar-refractivity contribution in [3.05, 3.63) is 73.1 Å². The quantitative estimate of drug-likeness (QED) is 0.467. The van der Waals surface area contributed by atoms with E-state index in [1.165, 1.54) is 23.9 Å². The van der Waals surface area contributed by atoms with E-state index in [2.05, 4.69) is 10.3 Å². The minimum atomic E-state index is -0.556. The van der Waals surface area contributed by atoms with Gasteiger partial charge in [0, 0.05) is 6.07 Å². The van der Waals surface area contributed by atoms with Crippen LogP contribution in [0.5, 0.6) is 0 Å². The van der Waals surface area contributed by atoms with Crippen LogP contribution in [0.1, 0.15) is 16.7 Å². The van der Waals surface area contributed by atoms with E-state index in [9.17, 15) is 14.9 Å². The molecule has 0 unspecified atom stereocenters. The molecule has 0 atom stereocenters. The first-order valence-electron chi connectivity index (χ1n) is 7.64. The number of hydrogen-bond acceptors (Lipinski definition) is 5. The number of nitrogens with zero attached hydrogens (tertiary/aromatic N) is 2. The van der Waals surface area contributed by atoms with Crippen LogP contribution in [0.4, 0.5) is 11.4 Å². The Balaban J connectivity index is 1.88. The number of amides is 1. The molecule has 1 amide bonds. The van der Waals surface area contributed by atoms with Crippen LogP contribution in [-0.2, 0) is 4.79 Å². The zero-order chi connectivity index (χ0) is 18.8. The molecule has 1 heterocycles. The van der Waals surface area contributed by atoms with Crippen molar-refractivity contribution in [2.45, 2.75) is 13.8 Å². The largest absolute Gasteiger partial charge is 0.300 e. The highest BCUT2D eigenvalue weighted by Gasteiger charge is 2.24. The summed E-state index contributed by atoms with van der Waals surface area (Å²) in [5.41, 5.74) is 3.25. The molecular weight excluding hydrogens is 374 g/mol. The summed E-state index contributed by atoms with van der Waals surface area (Å²) in [6.07, 6.45) is 1.58. The van der Waals surface area contributed by atoms with E-state index in [1.807, 2.05) is 32.0 Å². The number of aliphatic imine (C=N–C) groups is 1. The minimum absolute atomic E-state index is 0.0535. The highest BCUT2D eigenvalue weighted by atomic mass is 35.5. The number of amidine groups is 1. The third-order valence-corrected chi connectivity index (χ3v) is 4.92. The maximum atomic E-state index is 12.2. The number of benzene rings is 2. The molecule has 8 heteroatoms. The Hall–Kier alpha value is -2.64. The minimum Gasteiger partial charge on any atom is -0.300 e. The first-order valence-corrected chi connectivity index (χ1v) is 8.84. The fourth-order valence-corrected chi connectivity index (χ4v) is 3.45. The maximum Gasteiger partial charge on any atom is 0.288 e. The van der Waals surface area contributed by atoms with E-state index < -0.39 is 4.92 Å². The van der Waals surface area contributed by atoms with E-state index in [4.69, 9.17) is 11.6 Å². The number of aryl methyl sites for hydroxylation is 2. The SMILES string of the molecule is Cc1ccc(N=C2NC(=O)/C(=C/c3ccc(Cl)c([N+](=O)[O-])c3)S2)c(C)c1. The molecule has 2 aromatic rings. The van der Waals surface area contributed by atoms with Crippen molar-refractivity contribution in [2.75, 3.05) is 0 Å². The molecule has 6 nitrogen and oxygen atoms in total. The van der Waals surface area contributed by atoms with Gasteiger partial charge in [-0.3, -0.25) is 14.9 Å². The van der Waals surface area contributed by atoms with Crippen molar-refractivity contribution in [1.82, 2.24) is 5.32 Å². The predicted octanol–water partition coefficient (Wildman–Crippen LogP) is 4.76. The molecule has 132 valence electrons. The van der Waals surface area contributed by atoms with Gasteiger partial charge in [-0.1, -0.05) is 35.4 Å². The summed E-state index contributed by atoms with van der Waals surface area (Å²) < 4.78 is 0. The van der Waals surface area contributed by atoms with E-state index in [1.54, 1.807) is 12.1 Å². The molecule has 1 N–H and O–H groups in total. The second-order valence-corrected chi connectivity index (χ2v) is 7.18. The molecular formula is C18H14ClN3O3S. The van der Waals surface area contributed by atoms with Crippen molar-refractivity contribution >= 4 is 51.9 Å². The molecule has 1 aliphatic heterocycles. The number of nitro benzene ring substituents is 1. The zero-order valence-corrected chi connectivity index (χ0v) is 15.5. The van der Waals surface area contributed by atoms with Gasteiger partial charge >= 0.3 is 0 Å². The number of nitrogens with one attached hydrogen (secondary N) is 1. The normalized spacial score (nSPS) is 17.0. The van der Waals surface area contributed by atoms with Gasteiger partial charge in [0.25, 0.3) is 11.6 Å². The molecule has 3 rings (SSSR count). The van der Waals surface area contributed by atoms with Crippen LogP contribution in [0.2, 0.25) is 5.02 Å². The Morgan fingerprint density at radius 2 is 2.00 bits per heavy atom. The topological polar surface area (TPSA) is 84.6 Å². The predicted molar refractivity (Wildman–Crippen MR) is 105 cm³/mol. The molecule has 0 bridgehead atoms. The summed E-state index contributed by atoms with van der Waals surface area (Å²) >= 11 is 7.00. The van der Waals surface area contributed by atoms with Gasteiger partial charge in [-0.2, -0.15) is 0 Å². The molecule has 0 spiro atoms. The van der Waals surface area contributed by atoms with Crippen LogP contribution in [0.15, 0.2) is 46.3 Å². The Bertz CT molecular complexity index is 986. The third-order valence-electron chi connectivity index (χ3n) is 3.69.